The molecule has 0 radical (unpaired) electrons. The van der Waals surface area contributed by atoms with Crippen molar-refractivity contribution in [1.29, 1.82) is 0 Å². The highest BCUT2D eigenvalue weighted by molar-refractivity contribution is 7.10. The molecule has 0 aliphatic heterocycles. The minimum atomic E-state index is -1.30. The summed E-state index contributed by atoms with van der Waals surface area (Å²) in [6.45, 7) is 1.97. The first kappa shape index (κ1) is 14.1. The lowest BCUT2D eigenvalue weighted by Gasteiger charge is -2.41. The van der Waals surface area contributed by atoms with Crippen LogP contribution in [0.2, 0.25) is 0 Å². The third-order valence-electron chi connectivity index (χ3n) is 4.33. The maximum atomic E-state index is 11.2. The Hall–Kier alpha value is -2.50. The Morgan fingerprint density at radius 2 is 1.91 bits per heavy atom. The first-order valence-electron chi connectivity index (χ1n) is 7.15. The van der Waals surface area contributed by atoms with Gasteiger partial charge in [0.2, 0.25) is 0 Å². The van der Waals surface area contributed by atoms with Gasteiger partial charge < -0.3 is 10.2 Å². The molecule has 2 aromatic carbocycles. The number of aromatic carboxylic acids is 1. The molecule has 0 amide bonds. The molecule has 23 heavy (non-hydrogen) atoms. The molecular weight excluding hydrogens is 310 g/mol. The molecular formula is C18H13NO3S. The number of thiazole rings is 1. The number of carboxylic acids is 1. The number of hydrogen-bond acceptors (Lipinski definition) is 4. The van der Waals surface area contributed by atoms with E-state index in [0.717, 1.165) is 27.8 Å². The Balaban J connectivity index is 1.88. The molecule has 4 nitrogen and oxygen atoms in total. The van der Waals surface area contributed by atoms with Crippen molar-refractivity contribution in [3.8, 4) is 11.1 Å². The van der Waals surface area contributed by atoms with Crippen LogP contribution in [-0.4, -0.2) is 21.2 Å². The number of benzene rings is 2. The highest BCUT2D eigenvalue weighted by Gasteiger charge is 2.49. The lowest BCUT2D eigenvalue weighted by molar-refractivity contribution is 0.0689. The van der Waals surface area contributed by atoms with E-state index in [9.17, 15) is 9.90 Å². The van der Waals surface area contributed by atoms with Crippen molar-refractivity contribution < 1.29 is 15.0 Å². The van der Waals surface area contributed by atoms with Gasteiger partial charge in [0.25, 0.3) is 0 Å². The van der Waals surface area contributed by atoms with Crippen LogP contribution in [0.5, 0.6) is 0 Å². The number of rotatable bonds is 3. The molecule has 0 saturated heterocycles. The summed E-state index contributed by atoms with van der Waals surface area (Å²) < 4.78 is 0. The molecule has 2 bridgehead atoms. The van der Waals surface area contributed by atoms with Gasteiger partial charge in [0.1, 0.15) is 5.01 Å². The van der Waals surface area contributed by atoms with Crippen LogP contribution in [0.25, 0.3) is 11.1 Å². The number of aryl methyl sites for hydroxylation is 1. The topological polar surface area (TPSA) is 70.4 Å². The Morgan fingerprint density at radius 3 is 2.52 bits per heavy atom. The maximum Gasteiger partial charge on any atom is 0.355 e. The molecule has 2 N–H and O–H groups in total. The average Bonchev–Trinajstić information content (AvgIpc) is 3.06. The number of aliphatic hydroxyl groups is 1. The van der Waals surface area contributed by atoms with E-state index in [1.54, 1.807) is 0 Å². The number of carbonyl (C=O) groups is 1. The van der Waals surface area contributed by atoms with Gasteiger partial charge in [0.05, 0.1) is 0 Å². The van der Waals surface area contributed by atoms with Crippen LogP contribution >= 0.6 is 11.3 Å². The molecule has 0 spiro atoms. The van der Waals surface area contributed by atoms with Crippen molar-refractivity contribution in [2.45, 2.75) is 12.5 Å². The van der Waals surface area contributed by atoms with Gasteiger partial charge in [-0.15, -0.1) is 11.3 Å². The molecule has 5 heteroatoms. The molecule has 0 saturated carbocycles. The molecule has 0 fully saturated rings. The fourth-order valence-corrected chi connectivity index (χ4v) is 4.17. The van der Waals surface area contributed by atoms with Crippen molar-refractivity contribution in [2.24, 2.45) is 0 Å². The van der Waals surface area contributed by atoms with Gasteiger partial charge in [0.15, 0.2) is 11.3 Å². The second kappa shape index (κ2) is 4.75. The standard InChI is InChI=1S/C18H13NO3S/c1-10-13-8-7-12(11-5-3-2-4-6-11)15(10)18(13,22)17-19-14(9-23-17)16(20)21/h2-9,22H,1H3,(H,20,21). The third-order valence-corrected chi connectivity index (χ3v) is 5.29. The average molecular weight is 323 g/mol. The molecule has 114 valence electrons. The van der Waals surface area contributed by atoms with E-state index in [1.807, 2.05) is 49.4 Å². The number of fused-ring (bicyclic) bond motifs is 2. The van der Waals surface area contributed by atoms with Crippen LogP contribution in [0.15, 0.2) is 47.8 Å². The van der Waals surface area contributed by atoms with Crippen molar-refractivity contribution in [1.82, 2.24) is 4.98 Å². The lowest BCUT2D eigenvalue weighted by Crippen LogP contribution is -2.39. The van der Waals surface area contributed by atoms with Crippen molar-refractivity contribution in [3.05, 3.63) is 75.2 Å². The maximum absolute atomic E-state index is 11.2. The summed E-state index contributed by atoms with van der Waals surface area (Å²) in [7, 11) is 0. The lowest BCUT2D eigenvalue weighted by atomic mass is 9.67. The third kappa shape index (κ3) is 1.81. The molecule has 1 aliphatic carbocycles. The Morgan fingerprint density at radius 1 is 1.17 bits per heavy atom. The van der Waals surface area contributed by atoms with Crippen LogP contribution in [0, 0.1) is 6.92 Å². The van der Waals surface area contributed by atoms with Gasteiger partial charge in [-0.25, -0.2) is 9.78 Å². The summed E-state index contributed by atoms with van der Waals surface area (Å²) in [6, 6.07) is 13.7. The van der Waals surface area contributed by atoms with Gasteiger partial charge in [-0.1, -0.05) is 42.5 Å². The SMILES string of the molecule is Cc1c2ccc(-c3ccccc3)c1C2(O)c1nc(C(=O)O)cs1. The predicted molar refractivity (Wildman–Crippen MR) is 87.8 cm³/mol. The second-order valence-corrected chi connectivity index (χ2v) is 6.44. The first-order chi connectivity index (χ1) is 11.0. The highest BCUT2D eigenvalue weighted by atomic mass is 32.1. The predicted octanol–water partition coefficient (Wildman–Crippen LogP) is 3.41. The van der Waals surface area contributed by atoms with Crippen LogP contribution in [0.4, 0.5) is 0 Å². The quantitative estimate of drug-likeness (QED) is 0.775. The minimum Gasteiger partial charge on any atom is -0.476 e. The second-order valence-electron chi connectivity index (χ2n) is 5.58. The van der Waals surface area contributed by atoms with Gasteiger partial charge in [-0.2, -0.15) is 0 Å². The Kier molecular flexibility index (Phi) is 2.91. The van der Waals surface area contributed by atoms with E-state index in [1.165, 1.54) is 16.7 Å². The largest absolute Gasteiger partial charge is 0.476 e. The zero-order valence-electron chi connectivity index (χ0n) is 12.3. The smallest absolute Gasteiger partial charge is 0.355 e. The summed E-state index contributed by atoms with van der Waals surface area (Å²) in [5, 5.41) is 22.2. The van der Waals surface area contributed by atoms with Crippen molar-refractivity contribution in [2.75, 3.05) is 0 Å². The van der Waals surface area contributed by atoms with Crippen LogP contribution in [0.3, 0.4) is 0 Å². The number of hydrogen-bond donors (Lipinski definition) is 2. The molecule has 1 unspecified atom stereocenters. The zero-order chi connectivity index (χ0) is 16.2. The van der Waals surface area contributed by atoms with E-state index in [0.29, 0.717) is 5.01 Å². The van der Waals surface area contributed by atoms with Crippen molar-refractivity contribution in [3.63, 3.8) is 0 Å². The highest BCUT2D eigenvalue weighted by Crippen LogP contribution is 2.53. The fourth-order valence-electron chi connectivity index (χ4n) is 3.26. The van der Waals surface area contributed by atoms with Crippen LogP contribution in [0.1, 0.15) is 32.2 Å². The Bertz CT molecular complexity index is 933. The minimum absolute atomic E-state index is 0.0347. The van der Waals surface area contributed by atoms with Crippen LogP contribution in [-0.2, 0) is 5.60 Å². The monoisotopic (exact) mass is 323 g/mol. The first-order valence-corrected chi connectivity index (χ1v) is 8.03. The summed E-state index contributed by atoms with van der Waals surface area (Å²) >= 11 is 1.17. The van der Waals surface area contributed by atoms with Crippen LogP contribution < -0.4 is 0 Å². The zero-order valence-corrected chi connectivity index (χ0v) is 13.1. The molecule has 1 atom stereocenters. The Labute approximate surface area is 136 Å². The molecule has 1 heterocycles. The summed E-state index contributed by atoms with van der Waals surface area (Å²) in [5.41, 5.74) is 3.26. The van der Waals surface area contributed by atoms with Gasteiger partial charge >= 0.3 is 5.97 Å². The molecule has 1 aromatic heterocycles. The number of nitrogens with zero attached hydrogens (tertiary/aromatic N) is 1. The summed E-state index contributed by atoms with van der Waals surface area (Å²) in [6.07, 6.45) is 0. The number of carboxylic acid groups (broad SMARTS) is 1. The molecule has 1 aliphatic rings. The van der Waals surface area contributed by atoms with Gasteiger partial charge in [-0.3, -0.25) is 0 Å². The van der Waals surface area contributed by atoms with E-state index in [4.69, 9.17) is 5.11 Å². The number of aromatic nitrogens is 1. The van der Waals surface area contributed by atoms with Crippen molar-refractivity contribution >= 4 is 17.3 Å². The van der Waals surface area contributed by atoms with Gasteiger partial charge in [0, 0.05) is 10.9 Å². The van der Waals surface area contributed by atoms with E-state index in [2.05, 4.69) is 4.98 Å². The molecule has 4 rings (SSSR count). The van der Waals surface area contributed by atoms with E-state index in [-0.39, 0.29) is 5.69 Å². The fraction of sp³-hybridized carbons (Fsp3) is 0.111. The van der Waals surface area contributed by atoms with E-state index >= 15 is 0 Å². The van der Waals surface area contributed by atoms with Gasteiger partial charge in [-0.05, 0) is 29.2 Å². The summed E-state index contributed by atoms with van der Waals surface area (Å²) in [5.74, 6) is -1.08. The molecule has 3 aromatic rings. The van der Waals surface area contributed by atoms with E-state index < -0.39 is 11.6 Å². The summed E-state index contributed by atoms with van der Waals surface area (Å²) in [4.78, 5) is 15.2. The normalized spacial score (nSPS) is 18.5.